The Bertz CT molecular complexity index is 1260. The van der Waals surface area contributed by atoms with Gasteiger partial charge in [0.2, 0.25) is 11.8 Å². The quantitative estimate of drug-likeness (QED) is 0.320. The van der Waals surface area contributed by atoms with Crippen LogP contribution >= 0.6 is 0 Å². The molecule has 0 aliphatic carbocycles. The molecule has 44 heavy (non-hydrogen) atoms. The third-order valence-corrected chi connectivity index (χ3v) is 8.32. The number of fused-ring (bicyclic) bond motifs is 2. The molecule has 2 unspecified atom stereocenters. The van der Waals surface area contributed by atoms with Gasteiger partial charge in [0.1, 0.15) is 17.1 Å². The fraction of sp³-hybridized carbons (Fsp3) is 0.571. The zero-order chi connectivity index (χ0) is 31.9. The summed E-state index contributed by atoms with van der Waals surface area (Å²) in [4.78, 5) is 41.8. The number of carbonyl (C=O) groups excluding carboxylic acids is 3. The number of nitrogens with one attached hydrogen (secondary N) is 2. The van der Waals surface area contributed by atoms with Crippen LogP contribution in [0.1, 0.15) is 71.4 Å². The molecule has 0 spiro atoms. The maximum atomic E-state index is 14.0. The van der Waals surface area contributed by atoms with Crippen LogP contribution in [0, 0.1) is 17.8 Å². The summed E-state index contributed by atoms with van der Waals surface area (Å²) in [5.74, 6) is 0.434. The average Bonchev–Trinajstić information content (AvgIpc) is 2.99. The first-order valence-electron chi connectivity index (χ1n) is 15.8. The van der Waals surface area contributed by atoms with Crippen molar-refractivity contribution >= 4 is 17.9 Å². The fourth-order valence-corrected chi connectivity index (χ4v) is 6.17. The van der Waals surface area contributed by atoms with Gasteiger partial charge >= 0.3 is 6.09 Å². The highest BCUT2D eigenvalue weighted by Crippen LogP contribution is 2.50. The molecule has 4 rings (SSSR count). The van der Waals surface area contributed by atoms with Crippen LogP contribution in [0.3, 0.4) is 0 Å². The molecule has 1 fully saturated rings. The van der Waals surface area contributed by atoms with E-state index >= 15 is 0 Å². The number of nitrogens with zero attached hydrogens (tertiary/aromatic N) is 1. The topological polar surface area (TPSA) is 106 Å². The van der Waals surface area contributed by atoms with Crippen molar-refractivity contribution in [2.75, 3.05) is 39.9 Å². The Morgan fingerprint density at radius 1 is 0.932 bits per heavy atom. The Balaban J connectivity index is 1.60. The van der Waals surface area contributed by atoms with Gasteiger partial charge in [0, 0.05) is 56.4 Å². The van der Waals surface area contributed by atoms with Gasteiger partial charge in [0.05, 0.1) is 11.8 Å². The molecule has 2 aromatic rings. The van der Waals surface area contributed by atoms with Gasteiger partial charge in [-0.25, -0.2) is 4.79 Å². The largest absolute Gasteiger partial charge is 0.457 e. The lowest BCUT2D eigenvalue weighted by Gasteiger charge is -2.41. The fourth-order valence-electron chi connectivity index (χ4n) is 6.17. The van der Waals surface area contributed by atoms with E-state index in [4.69, 9.17) is 14.2 Å². The number of unbranched alkanes of at least 4 members (excludes halogenated alkanes) is 1. The number of ether oxygens (including phenoxy) is 3. The van der Waals surface area contributed by atoms with Crippen molar-refractivity contribution < 1.29 is 28.6 Å². The van der Waals surface area contributed by atoms with Gasteiger partial charge < -0.3 is 29.7 Å². The number of para-hydroxylation sites is 2. The number of amides is 3. The normalized spacial score (nSPS) is 18.9. The summed E-state index contributed by atoms with van der Waals surface area (Å²) in [6, 6.07) is 16.0. The lowest BCUT2D eigenvalue weighted by atomic mass is 9.69. The molecule has 0 radical (unpaired) electrons. The maximum Gasteiger partial charge on any atom is 0.410 e. The molecule has 2 heterocycles. The predicted octanol–water partition coefficient (Wildman–Crippen LogP) is 5.66. The zero-order valence-corrected chi connectivity index (χ0v) is 27.1. The Hall–Kier alpha value is -3.59. The molecular formula is C35H49N3O6. The Kier molecular flexibility index (Phi) is 10.9. The van der Waals surface area contributed by atoms with Crippen LogP contribution in [0.25, 0.3) is 0 Å². The number of benzene rings is 2. The first-order valence-corrected chi connectivity index (χ1v) is 15.8. The minimum atomic E-state index is -0.694. The molecule has 9 heteroatoms. The predicted molar refractivity (Wildman–Crippen MR) is 170 cm³/mol. The van der Waals surface area contributed by atoms with E-state index < -0.39 is 28.9 Å². The number of hydrogen-bond donors (Lipinski definition) is 2. The van der Waals surface area contributed by atoms with Gasteiger partial charge in [-0.15, -0.1) is 0 Å². The Morgan fingerprint density at radius 2 is 1.50 bits per heavy atom. The Morgan fingerprint density at radius 3 is 2.05 bits per heavy atom. The minimum Gasteiger partial charge on any atom is -0.457 e. The van der Waals surface area contributed by atoms with Crippen molar-refractivity contribution in [2.24, 2.45) is 17.8 Å². The van der Waals surface area contributed by atoms with Gasteiger partial charge in [-0.2, -0.15) is 0 Å². The van der Waals surface area contributed by atoms with Crippen LogP contribution in [0.5, 0.6) is 11.5 Å². The van der Waals surface area contributed by atoms with Crippen LogP contribution in [0.2, 0.25) is 0 Å². The average molecular weight is 608 g/mol. The molecule has 3 amide bonds. The molecule has 2 atom stereocenters. The number of rotatable bonds is 11. The third kappa shape index (κ3) is 8.11. The first-order chi connectivity index (χ1) is 20.9. The lowest BCUT2D eigenvalue weighted by Crippen LogP contribution is -2.54. The summed E-state index contributed by atoms with van der Waals surface area (Å²) in [5, 5.41) is 6.26. The summed E-state index contributed by atoms with van der Waals surface area (Å²) in [6.07, 6.45) is 2.39. The number of carbonyl (C=O) groups is 3. The Labute approximate surface area is 262 Å². The second-order valence-corrected chi connectivity index (χ2v) is 13.5. The summed E-state index contributed by atoms with van der Waals surface area (Å²) < 4.78 is 17.3. The number of methoxy groups -OCH3 is 1. The lowest BCUT2D eigenvalue weighted by molar-refractivity contribution is -0.131. The highest BCUT2D eigenvalue weighted by molar-refractivity contribution is 5.84. The van der Waals surface area contributed by atoms with Gasteiger partial charge in [-0.3, -0.25) is 9.59 Å². The highest BCUT2D eigenvalue weighted by atomic mass is 16.6. The van der Waals surface area contributed by atoms with E-state index in [1.54, 1.807) is 7.11 Å². The van der Waals surface area contributed by atoms with Gasteiger partial charge in [-0.1, -0.05) is 50.2 Å². The SMILES string of the molecule is COCCCCC1(CNC(=O)C2CC(C(=O)NCC(C)C)CN(C(=O)OC(C)(C)C)C2)c2ccccc2Oc2ccccc21. The minimum absolute atomic E-state index is 0.147. The molecule has 240 valence electrons. The van der Waals surface area contributed by atoms with Crippen molar-refractivity contribution in [3.05, 3.63) is 59.7 Å². The van der Waals surface area contributed by atoms with E-state index in [9.17, 15) is 14.4 Å². The van der Waals surface area contributed by atoms with E-state index in [1.165, 1.54) is 4.90 Å². The van der Waals surface area contributed by atoms with Crippen LogP contribution in [0.15, 0.2) is 48.5 Å². The van der Waals surface area contributed by atoms with Crippen LogP contribution in [0.4, 0.5) is 4.79 Å². The molecule has 2 N–H and O–H groups in total. The van der Waals surface area contributed by atoms with Crippen molar-refractivity contribution in [3.63, 3.8) is 0 Å². The second kappa shape index (κ2) is 14.5. The van der Waals surface area contributed by atoms with Crippen LogP contribution < -0.4 is 15.4 Å². The molecule has 2 aliphatic heterocycles. The molecule has 2 aliphatic rings. The van der Waals surface area contributed by atoms with Gasteiger partial charge in [0.15, 0.2) is 0 Å². The van der Waals surface area contributed by atoms with E-state index in [-0.39, 0.29) is 30.8 Å². The zero-order valence-electron chi connectivity index (χ0n) is 27.1. The molecule has 0 aromatic heterocycles. The number of hydrogen-bond acceptors (Lipinski definition) is 6. The number of piperidine rings is 1. The molecule has 1 saturated heterocycles. The second-order valence-electron chi connectivity index (χ2n) is 13.5. The molecular weight excluding hydrogens is 558 g/mol. The van der Waals surface area contributed by atoms with Gasteiger partial charge in [-0.05, 0) is 64.5 Å². The van der Waals surface area contributed by atoms with Crippen molar-refractivity contribution in [1.29, 1.82) is 0 Å². The van der Waals surface area contributed by atoms with Crippen molar-refractivity contribution in [3.8, 4) is 11.5 Å². The standard InChI is InChI=1S/C35H49N3O6/c1-24(2)20-36-31(39)25-19-26(22-38(21-25)33(41)44-34(3,4)5)32(40)37-23-35(17-11-12-18-42-6)27-13-7-9-15-29(27)43-30-16-10-8-14-28(30)35/h7-10,13-16,24-26H,11-12,17-23H2,1-6H3,(H,36,39)(H,37,40). The third-order valence-electron chi connectivity index (χ3n) is 8.32. The van der Waals surface area contributed by atoms with Crippen LogP contribution in [-0.4, -0.2) is 68.3 Å². The number of likely N-dealkylation sites (tertiary alicyclic amines) is 1. The monoisotopic (exact) mass is 607 g/mol. The summed E-state index contributed by atoms with van der Waals surface area (Å²) in [7, 11) is 1.70. The van der Waals surface area contributed by atoms with E-state index in [1.807, 2.05) is 71.0 Å². The van der Waals surface area contributed by atoms with E-state index in [2.05, 4.69) is 22.8 Å². The van der Waals surface area contributed by atoms with E-state index in [0.29, 0.717) is 26.1 Å². The van der Waals surface area contributed by atoms with Gasteiger partial charge in [0.25, 0.3) is 0 Å². The molecule has 0 bridgehead atoms. The summed E-state index contributed by atoms with van der Waals surface area (Å²) in [6.45, 7) is 11.4. The van der Waals surface area contributed by atoms with E-state index in [0.717, 1.165) is 41.9 Å². The smallest absolute Gasteiger partial charge is 0.410 e. The molecule has 9 nitrogen and oxygen atoms in total. The maximum absolute atomic E-state index is 14.0. The van der Waals surface area contributed by atoms with Crippen LogP contribution in [-0.2, 0) is 24.5 Å². The highest BCUT2D eigenvalue weighted by Gasteiger charge is 2.43. The van der Waals surface area contributed by atoms with Crippen molar-refractivity contribution in [1.82, 2.24) is 15.5 Å². The summed E-state index contributed by atoms with van der Waals surface area (Å²) >= 11 is 0. The molecule has 0 saturated carbocycles. The molecule has 2 aromatic carbocycles. The first kappa shape index (κ1) is 33.3. The van der Waals surface area contributed by atoms with Crippen molar-refractivity contribution in [2.45, 2.75) is 71.3 Å². The summed E-state index contributed by atoms with van der Waals surface area (Å²) in [5.41, 5.74) is 0.839.